The van der Waals surface area contributed by atoms with Gasteiger partial charge in [0.15, 0.2) is 0 Å². The fourth-order valence-electron chi connectivity index (χ4n) is 1.02. The fourth-order valence-corrected chi connectivity index (χ4v) is 1.22. The summed E-state index contributed by atoms with van der Waals surface area (Å²) in [4.78, 5) is 10.8. The molecule has 1 rings (SSSR count). The van der Waals surface area contributed by atoms with Gasteiger partial charge in [-0.05, 0) is 22.2 Å². The molecule has 7 nitrogen and oxygen atoms in total. The first-order valence-corrected chi connectivity index (χ1v) is 6.09. The molecule has 0 saturated carbocycles. The molecule has 0 bridgehead atoms. The van der Waals surface area contributed by atoms with Crippen LogP contribution >= 0.6 is 0 Å². The van der Waals surface area contributed by atoms with Crippen molar-refractivity contribution in [3.05, 3.63) is 42.5 Å². The van der Waals surface area contributed by atoms with Gasteiger partial charge in [-0.25, -0.2) is 4.79 Å². The summed E-state index contributed by atoms with van der Waals surface area (Å²) in [5.41, 5.74) is 0.803. The van der Waals surface area contributed by atoms with Gasteiger partial charge in [-0.15, -0.1) is 5.11 Å². The number of carbonyl (C=O) groups excluding carboxylic acids is 1. The van der Waals surface area contributed by atoms with E-state index in [0.29, 0.717) is 5.56 Å². The number of esters is 1. The van der Waals surface area contributed by atoms with Crippen LogP contribution in [0.5, 0.6) is 0 Å². The van der Waals surface area contributed by atoms with Crippen LogP contribution in [0.1, 0.15) is 5.56 Å². The highest BCUT2D eigenvalue weighted by molar-refractivity contribution is 7.84. The molecule has 0 heterocycles. The number of ether oxygens (including phenoxy) is 1. The van der Waals surface area contributed by atoms with Crippen molar-refractivity contribution in [1.29, 1.82) is 0 Å². The highest BCUT2D eigenvalue weighted by Crippen LogP contribution is 2.16. The van der Waals surface area contributed by atoms with Gasteiger partial charge < -0.3 is 4.74 Å². The smallest absolute Gasteiger partial charge is 0.396 e. The highest BCUT2D eigenvalue weighted by Gasteiger charge is 2.01. The van der Waals surface area contributed by atoms with E-state index in [0.717, 1.165) is 6.08 Å². The topological polar surface area (TPSA) is 105 Å². The lowest BCUT2D eigenvalue weighted by Crippen LogP contribution is -1.99. The molecule has 0 unspecified atom stereocenters. The molecule has 0 atom stereocenters. The number of benzene rings is 1. The second-order valence-corrected chi connectivity index (χ2v) is 4.17. The van der Waals surface area contributed by atoms with Gasteiger partial charge in [0, 0.05) is 6.08 Å². The molecule has 0 aromatic heterocycles. The van der Waals surface area contributed by atoms with E-state index in [1.807, 2.05) is 0 Å². The van der Waals surface area contributed by atoms with Gasteiger partial charge in [0.2, 0.25) is 0 Å². The SMILES string of the molecule is C=CC(=O)OCc1cccc(N=NS(=O)(=O)O)c1. The maximum Gasteiger partial charge on any atom is 0.396 e. The summed E-state index contributed by atoms with van der Waals surface area (Å²) in [6, 6.07) is 6.18. The predicted molar refractivity (Wildman–Crippen MR) is 62.5 cm³/mol. The van der Waals surface area contributed by atoms with E-state index in [1.54, 1.807) is 12.1 Å². The van der Waals surface area contributed by atoms with Crippen molar-refractivity contribution in [2.75, 3.05) is 0 Å². The summed E-state index contributed by atoms with van der Waals surface area (Å²) in [6.07, 6.45) is 1.03. The molecule has 8 heteroatoms. The maximum absolute atomic E-state index is 10.8. The summed E-state index contributed by atoms with van der Waals surface area (Å²) in [5, 5.41) is 3.31. The Morgan fingerprint density at radius 3 is 2.83 bits per heavy atom. The Hall–Kier alpha value is -2.06. The Bertz CT molecular complexity index is 580. The molecule has 1 aromatic carbocycles. The first kappa shape index (κ1) is 14.0. The van der Waals surface area contributed by atoms with Crippen LogP contribution in [0.15, 0.2) is 46.6 Å². The van der Waals surface area contributed by atoms with E-state index in [4.69, 9.17) is 9.29 Å². The van der Waals surface area contributed by atoms with E-state index in [2.05, 4.69) is 16.2 Å². The number of hydrogen-bond acceptors (Lipinski definition) is 5. The second-order valence-electron chi connectivity index (χ2n) is 3.11. The first-order valence-electron chi connectivity index (χ1n) is 4.69. The fraction of sp³-hybridized carbons (Fsp3) is 0.100. The zero-order chi connectivity index (χ0) is 13.6. The molecule has 0 aliphatic carbocycles. The second kappa shape index (κ2) is 6.03. The monoisotopic (exact) mass is 270 g/mol. The molecule has 96 valence electrons. The Labute approximate surface area is 104 Å². The lowest BCUT2D eigenvalue weighted by atomic mass is 10.2. The maximum atomic E-state index is 10.8. The number of hydrogen-bond donors (Lipinski definition) is 1. The summed E-state index contributed by atoms with van der Waals surface area (Å²) in [5.74, 6) is -0.569. The Kier molecular flexibility index (Phi) is 4.69. The number of rotatable bonds is 5. The van der Waals surface area contributed by atoms with Gasteiger partial charge in [0.1, 0.15) is 6.61 Å². The number of nitrogens with zero attached hydrogens (tertiary/aromatic N) is 2. The molecular formula is C10H10N2O5S. The zero-order valence-electron chi connectivity index (χ0n) is 9.18. The third kappa shape index (κ3) is 5.32. The minimum atomic E-state index is -4.51. The van der Waals surface area contributed by atoms with Crippen LogP contribution in [0.3, 0.4) is 0 Å². The van der Waals surface area contributed by atoms with Crippen molar-refractivity contribution in [2.24, 2.45) is 9.63 Å². The van der Waals surface area contributed by atoms with Crippen molar-refractivity contribution in [2.45, 2.75) is 6.61 Å². The molecule has 1 N–H and O–H groups in total. The van der Waals surface area contributed by atoms with Crippen LogP contribution < -0.4 is 0 Å². The van der Waals surface area contributed by atoms with Crippen LogP contribution in [0, 0.1) is 0 Å². The largest absolute Gasteiger partial charge is 0.458 e. The predicted octanol–water partition coefficient (Wildman–Crippen LogP) is 1.80. The molecule has 0 aliphatic heterocycles. The number of carbonyl (C=O) groups is 1. The van der Waals surface area contributed by atoms with Gasteiger partial charge in [0.05, 0.1) is 5.69 Å². The molecule has 0 aliphatic rings. The first-order chi connectivity index (χ1) is 8.40. The van der Waals surface area contributed by atoms with Crippen LogP contribution in [-0.2, 0) is 26.4 Å². The van der Waals surface area contributed by atoms with Crippen molar-refractivity contribution < 1.29 is 22.5 Å². The lowest BCUT2D eigenvalue weighted by Gasteiger charge is -2.02. The molecule has 0 fully saturated rings. The average molecular weight is 270 g/mol. The van der Waals surface area contributed by atoms with Crippen molar-refractivity contribution in [1.82, 2.24) is 0 Å². The van der Waals surface area contributed by atoms with Gasteiger partial charge >= 0.3 is 16.3 Å². The van der Waals surface area contributed by atoms with Crippen molar-refractivity contribution in [3.63, 3.8) is 0 Å². The molecule has 0 spiro atoms. The van der Waals surface area contributed by atoms with Crippen LogP contribution in [0.25, 0.3) is 0 Å². The van der Waals surface area contributed by atoms with E-state index in [1.165, 1.54) is 12.1 Å². The minimum Gasteiger partial charge on any atom is -0.458 e. The van der Waals surface area contributed by atoms with Crippen LogP contribution in [-0.4, -0.2) is 18.9 Å². The molecule has 18 heavy (non-hydrogen) atoms. The molecular weight excluding hydrogens is 260 g/mol. The third-order valence-corrected chi connectivity index (χ3v) is 2.01. The molecule has 0 saturated heterocycles. The van der Waals surface area contributed by atoms with Crippen molar-refractivity contribution >= 4 is 22.0 Å². The van der Waals surface area contributed by atoms with Crippen LogP contribution in [0.4, 0.5) is 5.69 Å². The van der Waals surface area contributed by atoms with Crippen LogP contribution in [0.2, 0.25) is 0 Å². The summed E-state index contributed by atoms with van der Waals surface area (Å²) >= 11 is 0. The summed E-state index contributed by atoms with van der Waals surface area (Å²) in [6.45, 7) is 3.24. The Morgan fingerprint density at radius 2 is 2.22 bits per heavy atom. The lowest BCUT2D eigenvalue weighted by molar-refractivity contribution is -0.138. The average Bonchev–Trinajstić information content (AvgIpc) is 2.33. The van der Waals surface area contributed by atoms with Gasteiger partial charge in [-0.3, -0.25) is 4.55 Å². The van der Waals surface area contributed by atoms with Gasteiger partial charge in [0.25, 0.3) is 0 Å². The minimum absolute atomic E-state index is 0.0000876. The Morgan fingerprint density at radius 1 is 1.50 bits per heavy atom. The van der Waals surface area contributed by atoms with E-state index >= 15 is 0 Å². The molecule has 1 aromatic rings. The zero-order valence-corrected chi connectivity index (χ0v) is 10.0. The molecule has 0 amide bonds. The third-order valence-electron chi connectivity index (χ3n) is 1.72. The Balaban J connectivity index is 2.77. The molecule has 0 radical (unpaired) electrons. The summed E-state index contributed by atoms with van der Waals surface area (Å²) in [7, 11) is -4.51. The standard InChI is InChI=1S/C10H10N2O5S/c1-2-10(13)17-7-8-4-3-5-9(6-8)11-12-18(14,15)16/h2-6H,1,7H2,(H,14,15,16). The normalized spacial score (nSPS) is 11.4. The quantitative estimate of drug-likeness (QED) is 0.380. The highest BCUT2D eigenvalue weighted by atomic mass is 32.2. The van der Waals surface area contributed by atoms with E-state index in [9.17, 15) is 13.2 Å². The van der Waals surface area contributed by atoms with E-state index in [-0.39, 0.29) is 12.3 Å². The van der Waals surface area contributed by atoms with Gasteiger partial charge in [-0.1, -0.05) is 18.7 Å². The van der Waals surface area contributed by atoms with E-state index < -0.39 is 16.3 Å². The van der Waals surface area contributed by atoms with Crippen molar-refractivity contribution in [3.8, 4) is 0 Å². The summed E-state index contributed by atoms with van der Waals surface area (Å²) < 4.78 is 36.6. The van der Waals surface area contributed by atoms with Gasteiger partial charge in [-0.2, -0.15) is 8.42 Å².